The van der Waals surface area contributed by atoms with Crippen LogP contribution in [0.5, 0.6) is 0 Å². The first-order chi connectivity index (χ1) is 10.6. The van der Waals surface area contributed by atoms with Crippen molar-refractivity contribution in [3.63, 3.8) is 0 Å². The molecule has 0 aliphatic rings. The molecule has 114 valence electrons. The summed E-state index contributed by atoms with van der Waals surface area (Å²) in [6.45, 7) is 3.06. The predicted molar refractivity (Wildman–Crippen MR) is 82.8 cm³/mol. The van der Waals surface area contributed by atoms with Gasteiger partial charge in [0.2, 0.25) is 0 Å². The van der Waals surface area contributed by atoms with Crippen LogP contribution in [0.3, 0.4) is 0 Å². The fraction of sp³-hybridized carbons (Fsp3) is 0.222. The van der Waals surface area contributed by atoms with Crippen LogP contribution in [0.2, 0.25) is 0 Å². The van der Waals surface area contributed by atoms with Gasteiger partial charge in [-0.3, -0.25) is 9.59 Å². The van der Waals surface area contributed by atoms with E-state index in [1.807, 2.05) is 48.5 Å². The molecule has 2 aromatic rings. The second-order valence-corrected chi connectivity index (χ2v) is 4.91. The van der Waals surface area contributed by atoms with E-state index in [0.717, 1.165) is 22.3 Å². The predicted octanol–water partition coefficient (Wildman–Crippen LogP) is 3.48. The Balaban J connectivity index is 2.29. The summed E-state index contributed by atoms with van der Waals surface area (Å²) >= 11 is 0. The fourth-order valence-electron chi connectivity index (χ4n) is 2.07. The Hall–Kier alpha value is -2.62. The van der Waals surface area contributed by atoms with Crippen LogP contribution in [0, 0.1) is 0 Å². The van der Waals surface area contributed by atoms with Crippen molar-refractivity contribution in [2.75, 3.05) is 0 Å². The summed E-state index contributed by atoms with van der Waals surface area (Å²) in [5, 5.41) is 0. The number of carbonyl (C=O) groups excluding carboxylic acids is 2. The van der Waals surface area contributed by atoms with Crippen LogP contribution in [0.1, 0.15) is 25.0 Å². The maximum absolute atomic E-state index is 11.0. The minimum atomic E-state index is -0.344. The highest BCUT2D eigenvalue weighted by molar-refractivity contribution is 5.68. The third-order valence-corrected chi connectivity index (χ3v) is 3.18. The Kier molecular flexibility index (Phi) is 5.31. The summed E-state index contributed by atoms with van der Waals surface area (Å²) in [5.74, 6) is -0.686. The molecule has 0 aliphatic carbocycles. The Labute approximate surface area is 129 Å². The van der Waals surface area contributed by atoms with Crippen molar-refractivity contribution in [2.45, 2.75) is 27.1 Å². The molecule has 0 fully saturated rings. The number of rotatable bonds is 5. The number of hydrogen-bond donors (Lipinski definition) is 0. The molecule has 0 unspecified atom stereocenters. The van der Waals surface area contributed by atoms with E-state index in [-0.39, 0.29) is 25.2 Å². The van der Waals surface area contributed by atoms with Crippen LogP contribution in [0.4, 0.5) is 0 Å². The van der Waals surface area contributed by atoms with Crippen LogP contribution in [0.15, 0.2) is 48.5 Å². The van der Waals surface area contributed by atoms with E-state index in [2.05, 4.69) is 0 Å². The molecule has 2 rings (SSSR count). The van der Waals surface area contributed by atoms with Gasteiger partial charge in [0.25, 0.3) is 0 Å². The fourth-order valence-corrected chi connectivity index (χ4v) is 2.07. The molecule has 2 aromatic carbocycles. The monoisotopic (exact) mass is 298 g/mol. The van der Waals surface area contributed by atoms with Gasteiger partial charge in [0.05, 0.1) is 0 Å². The molecule has 0 radical (unpaired) electrons. The van der Waals surface area contributed by atoms with Gasteiger partial charge in [-0.1, -0.05) is 42.5 Å². The standard InChI is InChI=1S/C18H18O4/c1-13(19)21-11-17-9-8-16(15-6-4-3-5-7-15)10-18(17)12-22-14(2)20/h3-10H,11-12H2,1-2H3. The third kappa shape index (κ3) is 4.45. The largest absolute Gasteiger partial charge is 0.461 e. The second kappa shape index (κ2) is 7.41. The van der Waals surface area contributed by atoms with Gasteiger partial charge in [-0.15, -0.1) is 0 Å². The SMILES string of the molecule is CC(=O)OCc1ccc(-c2ccccc2)cc1COC(C)=O. The highest BCUT2D eigenvalue weighted by Crippen LogP contribution is 2.23. The molecule has 0 aromatic heterocycles. The molecule has 0 heterocycles. The normalized spacial score (nSPS) is 10.1. The molecule has 22 heavy (non-hydrogen) atoms. The molecule has 4 nitrogen and oxygen atoms in total. The molecule has 0 N–H and O–H groups in total. The van der Waals surface area contributed by atoms with E-state index in [1.165, 1.54) is 13.8 Å². The lowest BCUT2D eigenvalue weighted by Gasteiger charge is -2.12. The van der Waals surface area contributed by atoms with Crippen LogP contribution in [-0.2, 0) is 32.3 Å². The van der Waals surface area contributed by atoms with Gasteiger partial charge in [0.1, 0.15) is 13.2 Å². The highest BCUT2D eigenvalue weighted by atomic mass is 16.5. The molecule has 0 aliphatic heterocycles. The van der Waals surface area contributed by atoms with Crippen molar-refractivity contribution in [2.24, 2.45) is 0 Å². The van der Waals surface area contributed by atoms with E-state index in [9.17, 15) is 9.59 Å². The lowest BCUT2D eigenvalue weighted by atomic mass is 10.00. The molecular formula is C18H18O4. The smallest absolute Gasteiger partial charge is 0.302 e. The lowest BCUT2D eigenvalue weighted by molar-refractivity contribution is -0.143. The maximum Gasteiger partial charge on any atom is 0.302 e. The zero-order valence-electron chi connectivity index (χ0n) is 12.7. The van der Waals surface area contributed by atoms with Crippen LogP contribution in [-0.4, -0.2) is 11.9 Å². The van der Waals surface area contributed by atoms with Crippen LogP contribution >= 0.6 is 0 Å². The van der Waals surface area contributed by atoms with E-state index >= 15 is 0 Å². The third-order valence-electron chi connectivity index (χ3n) is 3.18. The van der Waals surface area contributed by atoms with Gasteiger partial charge in [-0.2, -0.15) is 0 Å². The molecule has 0 atom stereocenters. The number of esters is 2. The van der Waals surface area contributed by atoms with Crippen molar-refractivity contribution in [3.8, 4) is 11.1 Å². The van der Waals surface area contributed by atoms with Crippen molar-refractivity contribution in [1.82, 2.24) is 0 Å². The Morgan fingerprint density at radius 3 is 1.95 bits per heavy atom. The molecule has 0 bridgehead atoms. The Morgan fingerprint density at radius 1 is 0.773 bits per heavy atom. The summed E-state index contributed by atoms with van der Waals surface area (Å²) in [6, 6.07) is 15.7. The lowest BCUT2D eigenvalue weighted by Crippen LogP contribution is -2.05. The van der Waals surface area contributed by atoms with E-state index in [0.29, 0.717) is 0 Å². The van der Waals surface area contributed by atoms with Gasteiger partial charge >= 0.3 is 11.9 Å². The maximum atomic E-state index is 11.0. The van der Waals surface area contributed by atoms with E-state index in [1.54, 1.807) is 0 Å². The highest BCUT2D eigenvalue weighted by Gasteiger charge is 2.08. The van der Waals surface area contributed by atoms with Gasteiger partial charge in [-0.05, 0) is 28.3 Å². The number of carbonyl (C=O) groups is 2. The van der Waals surface area contributed by atoms with Crippen LogP contribution < -0.4 is 0 Å². The summed E-state index contributed by atoms with van der Waals surface area (Å²) in [7, 11) is 0. The molecule has 0 spiro atoms. The van der Waals surface area contributed by atoms with Gasteiger partial charge in [-0.25, -0.2) is 0 Å². The van der Waals surface area contributed by atoms with Crippen LogP contribution in [0.25, 0.3) is 11.1 Å². The van der Waals surface area contributed by atoms with Gasteiger partial charge < -0.3 is 9.47 Å². The first-order valence-electron chi connectivity index (χ1n) is 7.00. The van der Waals surface area contributed by atoms with Crippen molar-refractivity contribution >= 4 is 11.9 Å². The van der Waals surface area contributed by atoms with Crippen molar-refractivity contribution in [3.05, 3.63) is 59.7 Å². The summed E-state index contributed by atoms with van der Waals surface area (Å²) in [5.41, 5.74) is 3.76. The average molecular weight is 298 g/mol. The first-order valence-corrected chi connectivity index (χ1v) is 7.00. The Bertz CT molecular complexity index is 662. The van der Waals surface area contributed by atoms with Crippen molar-refractivity contribution in [1.29, 1.82) is 0 Å². The average Bonchev–Trinajstić information content (AvgIpc) is 2.52. The summed E-state index contributed by atoms with van der Waals surface area (Å²) in [6.07, 6.45) is 0. The minimum Gasteiger partial charge on any atom is -0.461 e. The van der Waals surface area contributed by atoms with Crippen molar-refractivity contribution < 1.29 is 19.1 Å². The first kappa shape index (κ1) is 15.8. The summed E-state index contributed by atoms with van der Waals surface area (Å²) in [4.78, 5) is 22.0. The van der Waals surface area contributed by atoms with Gasteiger partial charge in [0, 0.05) is 13.8 Å². The molecule has 0 saturated heterocycles. The summed E-state index contributed by atoms with van der Waals surface area (Å²) < 4.78 is 10.1. The van der Waals surface area contributed by atoms with Gasteiger partial charge in [0.15, 0.2) is 0 Å². The number of benzene rings is 2. The molecular weight excluding hydrogens is 280 g/mol. The second-order valence-electron chi connectivity index (χ2n) is 4.91. The zero-order valence-corrected chi connectivity index (χ0v) is 12.7. The molecule has 4 heteroatoms. The Morgan fingerprint density at radius 2 is 1.36 bits per heavy atom. The zero-order chi connectivity index (χ0) is 15.9. The topological polar surface area (TPSA) is 52.6 Å². The molecule has 0 saturated carbocycles. The number of ether oxygens (including phenoxy) is 2. The minimum absolute atomic E-state index is 0.159. The number of hydrogen-bond acceptors (Lipinski definition) is 4. The molecule has 0 amide bonds. The van der Waals surface area contributed by atoms with E-state index in [4.69, 9.17) is 9.47 Å². The van der Waals surface area contributed by atoms with E-state index < -0.39 is 0 Å². The quantitative estimate of drug-likeness (QED) is 0.793.